The summed E-state index contributed by atoms with van der Waals surface area (Å²) in [5.74, 6) is 0.765. The van der Waals surface area contributed by atoms with E-state index in [4.69, 9.17) is 0 Å². The maximum Gasteiger partial charge on any atom is 0.198 e. The van der Waals surface area contributed by atoms with E-state index in [1.54, 1.807) is 10.9 Å². The van der Waals surface area contributed by atoms with Crippen LogP contribution in [0.2, 0.25) is 0 Å². The average molecular weight is 453 g/mol. The van der Waals surface area contributed by atoms with Crippen molar-refractivity contribution in [2.75, 3.05) is 23.1 Å². The Hall–Kier alpha value is -2.55. The van der Waals surface area contributed by atoms with Gasteiger partial charge in [-0.25, -0.2) is 4.98 Å². The molecule has 2 aromatic heterocycles. The average Bonchev–Trinajstić information content (AvgIpc) is 3.05. The van der Waals surface area contributed by atoms with Gasteiger partial charge in [0.05, 0.1) is 17.6 Å². The molecule has 2 N–H and O–H groups in total. The highest BCUT2D eigenvalue weighted by atomic mass is 32.2. The molecule has 0 amide bonds. The SMILES string of the molecule is Cc1nn(C)c(C)c1N[S+]([O-])c1ccc(NCc2cccc(CN3CCCCC3)c2)nc1. The summed E-state index contributed by atoms with van der Waals surface area (Å²) in [7, 11) is 1.88. The van der Waals surface area contributed by atoms with Gasteiger partial charge in [-0.15, -0.1) is 0 Å². The quantitative estimate of drug-likeness (QED) is 0.500. The summed E-state index contributed by atoms with van der Waals surface area (Å²) in [6, 6.07) is 12.5. The second kappa shape index (κ2) is 10.4. The molecule has 32 heavy (non-hydrogen) atoms. The Bertz CT molecular complexity index is 1030. The van der Waals surface area contributed by atoms with Crippen LogP contribution in [0, 0.1) is 13.8 Å². The number of nitrogens with zero attached hydrogens (tertiary/aromatic N) is 4. The van der Waals surface area contributed by atoms with E-state index in [0.717, 1.165) is 29.4 Å². The molecule has 1 unspecified atom stereocenters. The molecule has 7 nitrogen and oxygen atoms in total. The lowest BCUT2D eigenvalue weighted by Crippen LogP contribution is -2.29. The standard InChI is InChI=1S/C24H32N6OS/c1-18-24(19(2)29(3)27-18)28-32(31)22-10-11-23(26-16-22)25-15-20-8-7-9-21(14-20)17-30-12-5-4-6-13-30/h7-11,14,16,28H,4-6,12-13,15,17H2,1-3H3,(H,25,26). The monoisotopic (exact) mass is 452 g/mol. The minimum absolute atomic E-state index is 0.627. The molecule has 0 spiro atoms. The summed E-state index contributed by atoms with van der Waals surface area (Å²) in [6.07, 6.45) is 5.63. The van der Waals surface area contributed by atoms with E-state index >= 15 is 0 Å². The third kappa shape index (κ3) is 5.62. The van der Waals surface area contributed by atoms with E-state index in [2.05, 4.69) is 49.3 Å². The molecule has 1 aliphatic heterocycles. The van der Waals surface area contributed by atoms with Crippen LogP contribution in [0.4, 0.5) is 11.5 Å². The van der Waals surface area contributed by atoms with Crippen molar-refractivity contribution in [3.63, 3.8) is 0 Å². The molecule has 1 aromatic carbocycles. The van der Waals surface area contributed by atoms with Gasteiger partial charge in [-0.2, -0.15) is 9.82 Å². The molecule has 3 aromatic rings. The van der Waals surface area contributed by atoms with Crippen molar-refractivity contribution in [2.45, 2.75) is 51.1 Å². The lowest BCUT2D eigenvalue weighted by atomic mass is 10.1. The van der Waals surface area contributed by atoms with E-state index in [0.29, 0.717) is 11.4 Å². The van der Waals surface area contributed by atoms with Crippen LogP contribution in [0.1, 0.15) is 41.8 Å². The number of pyridine rings is 1. The predicted molar refractivity (Wildman–Crippen MR) is 130 cm³/mol. The van der Waals surface area contributed by atoms with E-state index < -0.39 is 11.4 Å². The van der Waals surface area contributed by atoms with Crippen LogP contribution in [0.15, 0.2) is 47.5 Å². The molecule has 8 heteroatoms. The highest BCUT2D eigenvalue weighted by Crippen LogP contribution is 2.23. The smallest absolute Gasteiger partial charge is 0.198 e. The fourth-order valence-electron chi connectivity index (χ4n) is 4.07. The van der Waals surface area contributed by atoms with Crippen LogP contribution in [0.3, 0.4) is 0 Å². The Morgan fingerprint density at radius 3 is 2.53 bits per heavy atom. The van der Waals surface area contributed by atoms with Gasteiger partial charge < -0.3 is 9.87 Å². The number of anilines is 2. The summed E-state index contributed by atoms with van der Waals surface area (Å²) in [4.78, 5) is 7.62. The summed E-state index contributed by atoms with van der Waals surface area (Å²) < 4.78 is 17.6. The van der Waals surface area contributed by atoms with Crippen LogP contribution in [-0.2, 0) is 31.5 Å². The van der Waals surface area contributed by atoms with E-state index in [1.165, 1.54) is 43.5 Å². The molecule has 0 bridgehead atoms. The van der Waals surface area contributed by atoms with Gasteiger partial charge in [0.25, 0.3) is 0 Å². The topological polar surface area (TPSA) is 81.1 Å². The molecular formula is C24H32N6OS. The number of hydrogen-bond acceptors (Lipinski definition) is 6. The zero-order valence-corrected chi connectivity index (χ0v) is 19.9. The van der Waals surface area contributed by atoms with E-state index in [-0.39, 0.29) is 0 Å². The van der Waals surface area contributed by atoms with Crippen LogP contribution >= 0.6 is 0 Å². The second-order valence-electron chi connectivity index (χ2n) is 8.43. The van der Waals surface area contributed by atoms with Crippen LogP contribution in [0.25, 0.3) is 0 Å². The van der Waals surface area contributed by atoms with Crippen LogP contribution < -0.4 is 10.0 Å². The van der Waals surface area contributed by atoms with Crippen molar-refractivity contribution < 1.29 is 4.55 Å². The van der Waals surface area contributed by atoms with Crippen molar-refractivity contribution in [1.29, 1.82) is 0 Å². The molecule has 1 atom stereocenters. The molecule has 170 valence electrons. The van der Waals surface area contributed by atoms with Gasteiger partial charge in [0, 0.05) is 26.2 Å². The summed E-state index contributed by atoms with van der Waals surface area (Å²) >= 11 is -1.40. The molecule has 4 rings (SSSR count). The first-order valence-electron chi connectivity index (χ1n) is 11.2. The van der Waals surface area contributed by atoms with Gasteiger partial charge in [-0.05, 0) is 57.0 Å². The number of hydrogen-bond donors (Lipinski definition) is 2. The molecule has 0 saturated carbocycles. The largest absolute Gasteiger partial charge is 0.588 e. The lowest BCUT2D eigenvalue weighted by molar-refractivity contribution is 0.221. The van der Waals surface area contributed by atoms with Gasteiger partial charge in [-0.1, -0.05) is 30.7 Å². The number of rotatable bonds is 8. The summed E-state index contributed by atoms with van der Waals surface area (Å²) in [6.45, 7) is 7.99. The highest BCUT2D eigenvalue weighted by molar-refractivity contribution is 7.92. The maximum atomic E-state index is 12.7. The summed E-state index contributed by atoms with van der Waals surface area (Å²) in [5, 5.41) is 7.73. The Morgan fingerprint density at radius 1 is 1.06 bits per heavy atom. The fraction of sp³-hybridized carbons (Fsp3) is 0.417. The van der Waals surface area contributed by atoms with E-state index in [1.807, 2.05) is 33.0 Å². The Balaban J connectivity index is 1.32. The normalized spacial score (nSPS) is 15.5. The molecule has 1 aliphatic rings. The first-order valence-corrected chi connectivity index (χ1v) is 12.3. The predicted octanol–water partition coefficient (Wildman–Crippen LogP) is 4.16. The highest BCUT2D eigenvalue weighted by Gasteiger charge is 2.18. The van der Waals surface area contributed by atoms with Gasteiger partial charge in [0.2, 0.25) is 0 Å². The van der Waals surface area contributed by atoms with Gasteiger partial charge in [0.1, 0.15) is 22.9 Å². The molecule has 0 aliphatic carbocycles. The zero-order valence-electron chi connectivity index (χ0n) is 19.1. The molecular weight excluding hydrogens is 420 g/mol. The Labute approximate surface area is 193 Å². The van der Waals surface area contributed by atoms with Crippen molar-refractivity contribution in [3.05, 3.63) is 65.1 Å². The first kappa shape index (κ1) is 22.6. The Kier molecular flexibility index (Phi) is 7.34. The molecule has 1 saturated heterocycles. The Morgan fingerprint density at radius 2 is 1.84 bits per heavy atom. The van der Waals surface area contributed by atoms with Crippen molar-refractivity contribution >= 4 is 22.9 Å². The third-order valence-corrected chi connectivity index (χ3v) is 7.03. The fourth-order valence-corrected chi connectivity index (χ4v) is 5.01. The number of benzene rings is 1. The second-order valence-corrected chi connectivity index (χ2v) is 9.64. The maximum absolute atomic E-state index is 12.7. The van der Waals surface area contributed by atoms with Gasteiger partial charge in [0.15, 0.2) is 4.90 Å². The van der Waals surface area contributed by atoms with Gasteiger partial charge in [-0.3, -0.25) is 9.58 Å². The minimum Gasteiger partial charge on any atom is -0.588 e. The first-order chi connectivity index (χ1) is 15.5. The number of aromatic nitrogens is 3. The van der Waals surface area contributed by atoms with Crippen LogP contribution in [0.5, 0.6) is 0 Å². The molecule has 0 radical (unpaired) electrons. The molecule has 1 fully saturated rings. The number of likely N-dealkylation sites (tertiary alicyclic amines) is 1. The van der Waals surface area contributed by atoms with Crippen molar-refractivity contribution in [1.82, 2.24) is 19.7 Å². The number of aryl methyl sites for hydroxylation is 2. The van der Waals surface area contributed by atoms with Crippen LogP contribution in [-0.4, -0.2) is 37.3 Å². The third-order valence-electron chi connectivity index (χ3n) is 5.97. The van der Waals surface area contributed by atoms with Gasteiger partial charge >= 0.3 is 0 Å². The number of nitrogens with one attached hydrogen (secondary N) is 2. The molecule has 3 heterocycles. The zero-order chi connectivity index (χ0) is 22.5. The number of piperidine rings is 1. The van der Waals surface area contributed by atoms with E-state index in [9.17, 15) is 4.55 Å². The lowest BCUT2D eigenvalue weighted by Gasteiger charge is -2.26. The minimum atomic E-state index is -1.40. The summed E-state index contributed by atoms with van der Waals surface area (Å²) in [5.41, 5.74) is 5.17. The van der Waals surface area contributed by atoms with Crippen molar-refractivity contribution in [3.8, 4) is 0 Å². The van der Waals surface area contributed by atoms with Crippen molar-refractivity contribution in [2.24, 2.45) is 7.05 Å².